The second-order valence-electron chi connectivity index (χ2n) is 28.9. The first-order valence-electron chi connectivity index (χ1n) is 41.1. The summed E-state index contributed by atoms with van der Waals surface area (Å²) in [6.07, 6.45) is 62.6. The summed E-state index contributed by atoms with van der Waals surface area (Å²) in [5.41, 5.74) is 0. The number of unbranched alkanes of at least 4 members (excludes halogenated alkanes) is 51. The summed E-state index contributed by atoms with van der Waals surface area (Å²) in [5.74, 6) is -1.31. The van der Waals surface area contributed by atoms with Crippen LogP contribution in [0.3, 0.4) is 0 Å². The molecule has 0 amide bonds. The lowest BCUT2D eigenvalue weighted by molar-refractivity contribution is -0.161. The second kappa shape index (κ2) is 72.0. The molecule has 0 aromatic carbocycles. The summed E-state index contributed by atoms with van der Waals surface area (Å²) in [6, 6.07) is 0. The van der Waals surface area contributed by atoms with E-state index in [4.69, 9.17) is 37.0 Å². The maximum atomic E-state index is 13.1. The van der Waals surface area contributed by atoms with E-state index in [0.717, 1.165) is 95.8 Å². The highest BCUT2D eigenvalue weighted by atomic mass is 31.2. The van der Waals surface area contributed by atoms with E-state index in [1.807, 2.05) is 0 Å². The van der Waals surface area contributed by atoms with Crippen molar-refractivity contribution in [3.05, 3.63) is 0 Å². The Labute approximate surface area is 600 Å². The molecule has 5 atom stereocenters. The lowest BCUT2D eigenvalue weighted by atomic mass is 10.0. The molecule has 0 aliphatic heterocycles. The molecule has 0 saturated carbocycles. The van der Waals surface area contributed by atoms with Crippen LogP contribution in [0.25, 0.3) is 0 Å². The number of aliphatic hydroxyl groups is 1. The number of hydrogen-bond donors (Lipinski definition) is 3. The van der Waals surface area contributed by atoms with Crippen LogP contribution >= 0.6 is 15.6 Å². The lowest BCUT2D eigenvalue weighted by Crippen LogP contribution is -2.30. The average Bonchev–Trinajstić information content (AvgIpc) is 0.966. The van der Waals surface area contributed by atoms with Gasteiger partial charge in [-0.3, -0.25) is 37.3 Å². The third-order valence-electron chi connectivity index (χ3n) is 18.5. The number of hydrogen-bond acceptors (Lipinski definition) is 15. The van der Waals surface area contributed by atoms with Gasteiger partial charge in [0.1, 0.15) is 19.3 Å². The molecule has 0 rings (SSSR count). The summed E-state index contributed by atoms with van der Waals surface area (Å²) < 4.78 is 68.5. The molecule has 0 aliphatic rings. The quantitative estimate of drug-likeness (QED) is 0.0222. The minimum Gasteiger partial charge on any atom is -0.462 e. The molecule has 0 aliphatic carbocycles. The molecule has 0 heterocycles. The van der Waals surface area contributed by atoms with Crippen molar-refractivity contribution < 1.29 is 80.2 Å². The predicted molar refractivity (Wildman–Crippen MR) is 400 cm³/mol. The van der Waals surface area contributed by atoms with Gasteiger partial charge in [0, 0.05) is 25.7 Å². The third-order valence-corrected chi connectivity index (χ3v) is 20.4. The van der Waals surface area contributed by atoms with Gasteiger partial charge in [-0.2, -0.15) is 0 Å². The van der Waals surface area contributed by atoms with Crippen LogP contribution in [0.4, 0.5) is 0 Å². The van der Waals surface area contributed by atoms with E-state index in [2.05, 4.69) is 34.6 Å². The summed E-state index contributed by atoms with van der Waals surface area (Å²) in [4.78, 5) is 72.8. The zero-order valence-corrected chi connectivity index (χ0v) is 65.7. The maximum absolute atomic E-state index is 13.1. The molecule has 0 radical (unpaired) electrons. The van der Waals surface area contributed by atoms with Gasteiger partial charge in [0.15, 0.2) is 12.2 Å². The van der Waals surface area contributed by atoms with Crippen LogP contribution in [0.2, 0.25) is 0 Å². The summed E-state index contributed by atoms with van der Waals surface area (Å²) in [6.45, 7) is 7.31. The topological polar surface area (TPSA) is 237 Å². The first-order chi connectivity index (χ1) is 47.5. The van der Waals surface area contributed by atoms with Gasteiger partial charge < -0.3 is 33.8 Å². The Morgan fingerprint density at radius 1 is 0.276 bits per heavy atom. The van der Waals surface area contributed by atoms with Crippen LogP contribution in [-0.4, -0.2) is 96.7 Å². The minimum absolute atomic E-state index is 0.107. The van der Waals surface area contributed by atoms with Crippen molar-refractivity contribution in [3.8, 4) is 0 Å². The van der Waals surface area contributed by atoms with E-state index in [1.54, 1.807) is 0 Å². The average molecular weight is 1440 g/mol. The van der Waals surface area contributed by atoms with Crippen LogP contribution in [0.5, 0.6) is 0 Å². The molecule has 2 unspecified atom stereocenters. The van der Waals surface area contributed by atoms with E-state index in [9.17, 15) is 43.2 Å². The second-order valence-corrected chi connectivity index (χ2v) is 31.8. The zero-order chi connectivity index (χ0) is 71.9. The smallest absolute Gasteiger partial charge is 0.462 e. The largest absolute Gasteiger partial charge is 0.472 e. The van der Waals surface area contributed by atoms with Gasteiger partial charge in [-0.05, 0) is 31.6 Å². The molecule has 0 aromatic rings. The lowest BCUT2D eigenvalue weighted by Gasteiger charge is -2.21. The van der Waals surface area contributed by atoms with E-state index in [-0.39, 0.29) is 25.7 Å². The van der Waals surface area contributed by atoms with Crippen molar-refractivity contribution in [3.63, 3.8) is 0 Å². The van der Waals surface area contributed by atoms with Crippen molar-refractivity contribution in [2.45, 2.75) is 438 Å². The molecule has 17 nitrogen and oxygen atoms in total. The number of esters is 4. The van der Waals surface area contributed by atoms with E-state index < -0.39 is 97.5 Å². The molecule has 0 bridgehead atoms. The van der Waals surface area contributed by atoms with Crippen LogP contribution in [0.15, 0.2) is 0 Å². The van der Waals surface area contributed by atoms with Crippen LogP contribution in [0.1, 0.15) is 420 Å². The molecule has 19 heteroatoms. The fourth-order valence-electron chi connectivity index (χ4n) is 12.2. The first kappa shape index (κ1) is 96.1. The highest BCUT2D eigenvalue weighted by molar-refractivity contribution is 7.47. The van der Waals surface area contributed by atoms with E-state index >= 15 is 0 Å². The van der Waals surface area contributed by atoms with Crippen molar-refractivity contribution in [1.82, 2.24) is 0 Å². The van der Waals surface area contributed by atoms with Gasteiger partial charge in [-0.1, -0.05) is 369 Å². The highest BCUT2D eigenvalue weighted by Gasteiger charge is 2.30. The molecular formula is C79H154O17P2. The van der Waals surface area contributed by atoms with Crippen LogP contribution in [0, 0.1) is 5.92 Å². The molecule has 0 spiro atoms. The highest BCUT2D eigenvalue weighted by Crippen LogP contribution is 2.45. The SMILES string of the molecule is CCCCCCCCCCCCCCCCCCCCCCCC(=O)O[C@H](COC(=O)CCCCCCCCCCCCCCCCCC(C)C)COP(=O)(O)OC[C@@H](O)COP(=O)(O)OC[C@@H](COC(=O)CCCCCCCCCCC)OC(=O)CCCCCCCCCCCC. The fourth-order valence-corrected chi connectivity index (χ4v) is 13.8. The number of aliphatic hydroxyl groups excluding tert-OH is 1. The summed E-state index contributed by atoms with van der Waals surface area (Å²) in [5, 5.41) is 10.6. The number of phosphoric ester groups is 2. The molecule has 0 aromatic heterocycles. The minimum atomic E-state index is -4.96. The third kappa shape index (κ3) is 72.4. The maximum Gasteiger partial charge on any atom is 0.472 e. The Morgan fingerprint density at radius 3 is 0.694 bits per heavy atom. The molecule has 3 N–H and O–H groups in total. The molecule has 0 fully saturated rings. The number of phosphoric acid groups is 2. The number of rotatable bonds is 79. The zero-order valence-electron chi connectivity index (χ0n) is 63.9. The Balaban J connectivity index is 5.17. The van der Waals surface area contributed by atoms with Crippen molar-refractivity contribution in [2.24, 2.45) is 5.92 Å². The molecule has 98 heavy (non-hydrogen) atoms. The van der Waals surface area contributed by atoms with Gasteiger partial charge in [0.2, 0.25) is 0 Å². The van der Waals surface area contributed by atoms with Gasteiger partial charge in [0.25, 0.3) is 0 Å². The van der Waals surface area contributed by atoms with Crippen molar-refractivity contribution in [2.75, 3.05) is 39.6 Å². The number of carbonyl (C=O) groups excluding carboxylic acids is 4. The van der Waals surface area contributed by atoms with Gasteiger partial charge in [-0.25, -0.2) is 9.13 Å². The predicted octanol–water partition coefficient (Wildman–Crippen LogP) is 23.6. The number of ether oxygens (including phenoxy) is 4. The molecule has 582 valence electrons. The number of carbonyl (C=O) groups is 4. The summed E-state index contributed by atoms with van der Waals surface area (Å²) >= 11 is 0. The molecule has 0 saturated heterocycles. The van der Waals surface area contributed by atoms with Gasteiger partial charge in [0.05, 0.1) is 26.4 Å². The Morgan fingerprint density at radius 2 is 0.469 bits per heavy atom. The standard InChI is InChI=1S/C79H154O17P2/c1-6-9-12-15-18-21-23-24-25-26-27-28-29-30-33-37-40-45-50-55-60-65-79(84)96-75(69-90-77(82)63-58-53-48-44-39-36-34-31-32-35-38-42-46-51-56-61-72(4)5)71-94-98(87,88)92-67-73(80)66-91-97(85,86)93-70-74(68-89-76(81)62-57-52-47-41-20-17-14-11-8-3)95-78(83)64-59-54-49-43-22-19-16-13-10-7-2/h72-75,80H,6-71H2,1-5H3,(H,85,86)(H,87,88)/t73-,74+,75+/m0/s1. The van der Waals surface area contributed by atoms with Crippen LogP contribution < -0.4 is 0 Å². The van der Waals surface area contributed by atoms with E-state index in [1.165, 1.54) is 244 Å². The van der Waals surface area contributed by atoms with Crippen LogP contribution in [-0.2, 0) is 65.4 Å². The van der Waals surface area contributed by atoms with Gasteiger partial charge >= 0.3 is 39.5 Å². The van der Waals surface area contributed by atoms with Crippen molar-refractivity contribution in [1.29, 1.82) is 0 Å². The molecular weight excluding hydrogens is 1280 g/mol. The normalized spacial score (nSPS) is 13.9. The van der Waals surface area contributed by atoms with Crippen molar-refractivity contribution >= 4 is 39.5 Å². The monoisotopic (exact) mass is 1440 g/mol. The fraction of sp³-hybridized carbons (Fsp3) is 0.949. The first-order valence-corrected chi connectivity index (χ1v) is 44.1. The Bertz CT molecular complexity index is 1870. The van der Waals surface area contributed by atoms with E-state index in [0.29, 0.717) is 25.7 Å². The van der Waals surface area contributed by atoms with Gasteiger partial charge in [-0.15, -0.1) is 0 Å². The Kier molecular flexibility index (Phi) is 70.6. The summed E-state index contributed by atoms with van der Waals surface area (Å²) in [7, 11) is -9.91. The Hall–Kier alpha value is -1.94.